The third-order valence-electron chi connectivity index (χ3n) is 5.03. The second-order valence-electron chi connectivity index (χ2n) is 7.96. The lowest BCUT2D eigenvalue weighted by Crippen LogP contribution is -2.28. The van der Waals surface area contributed by atoms with Gasteiger partial charge in [0.2, 0.25) is 5.24 Å². The summed E-state index contributed by atoms with van der Waals surface area (Å²) in [5.41, 5.74) is 0. The van der Waals surface area contributed by atoms with Gasteiger partial charge in [0.05, 0.1) is 0 Å². The van der Waals surface area contributed by atoms with Gasteiger partial charge in [-0.2, -0.15) is 0 Å². The van der Waals surface area contributed by atoms with Crippen molar-refractivity contribution in [1.82, 2.24) is 0 Å². The maximum absolute atomic E-state index is 11.1. The maximum atomic E-state index is 11.1. The lowest BCUT2D eigenvalue weighted by atomic mass is 10.1. The van der Waals surface area contributed by atoms with Gasteiger partial charge >= 0.3 is 15.2 Å². The third kappa shape index (κ3) is 17.4. The van der Waals surface area contributed by atoms with E-state index in [0.717, 1.165) is 44.9 Å². The van der Waals surface area contributed by atoms with Crippen LogP contribution in [0.5, 0.6) is 0 Å². The van der Waals surface area contributed by atoms with E-state index in [2.05, 4.69) is 13.8 Å². The van der Waals surface area contributed by atoms with Crippen LogP contribution in [0.1, 0.15) is 117 Å². The third-order valence-corrected chi connectivity index (χ3v) is 9.09. The Morgan fingerprint density at radius 1 is 0.677 bits per heavy atom. The quantitative estimate of drug-likeness (QED) is 0.0855. The molecule has 0 fully saturated rings. The van der Waals surface area contributed by atoms with Crippen LogP contribution >= 0.6 is 26.8 Å². The summed E-state index contributed by atoms with van der Waals surface area (Å²) in [4.78, 5) is 46.0. The van der Waals surface area contributed by atoms with Crippen molar-refractivity contribution in [1.29, 1.82) is 0 Å². The lowest BCUT2D eigenvalue weighted by molar-refractivity contribution is -0.111. The predicted molar refractivity (Wildman–Crippen MR) is 125 cm³/mol. The SMILES string of the molecule is CCCCCCCCCC(=O)Cl.CCCCCCCCCC(O)(P(=O)(O)O)P(=O)(O)O. The molecule has 0 saturated heterocycles. The number of rotatable bonds is 18. The summed E-state index contributed by atoms with van der Waals surface area (Å²) in [6.45, 7) is 4.30. The van der Waals surface area contributed by atoms with Crippen molar-refractivity contribution in [2.75, 3.05) is 0 Å². The first-order chi connectivity index (χ1) is 14.3. The highest BCUT2D eigenvalue weighted by Gasteiger charge is 2.58. The number of aliphatic hydroxyl groups is 1. The van der Waals surface area contributed by atoms with Crippen LogP contribution in [0.3, 0.4) is 0 Å². The molecule has 0 atom stereocenters. The summed E-state index contributed by atoms with van der Waals surface area (Å²) in [6.07, 6.45) is 14.4. The zero-order chi connectivity index (χ0) is 24.4. The molecule has 0 aliphatic carbocycles. The standard InChI is InChI=1S/C10H19ClO.C10H24O7P2/c1-2-3-4-5-6-7-8-9-10(11)12;1-2-3-4-5-6-7-8-9-10(11,18(12,13)14)19(15,16)17/h2-9H2,1H3;11H,2-9H2,1H3,(H2,12,13,14)(H2,15,16,17). The summed E-state index contributed by atoms with van der Waals surface area (Å²) in [7, 11) is -10.6. The van der Waals surface area contributed by atoms with E-state index in [-0.39, 0.29) is 11.7 Å². The highest BCUT2D eigenvalue weighted by molar-refractivity contribution is 7.72. The normalized spacial score (nSPS) is 12.4. The first-order valence-electron chi connectivity index (χ1n) is 11.4. The molecule has 0 aliphatic rings. The van der Waals surface area contributed by atoms with Gasteiger partial charge in [0.15, 0.2) is 0 Å². The van der Waals surface area contributed by atoms with Gasteiger partial charge in [0, 0.05) is 6.42 Å². The Morgan fingerprint density at radius 3 is 1.32 bits per heavy atom. The topological polar surface area (TPSA) is 152 Å². The molecule has 11 heteroatoms. The molecular weight excluding hydrogens is 466 g/mol. The lowest BCUT2D eigenvalue weighted by Gasteiger charge is -2.29. The van der Waals surface area contributed by atoms with Gasteiger partial charge in [-0.15, -0.1) is 0 Å². The first-order valence-corrected chi connectivity index (χ1v) is 15.0. The van der Waals surface area contributed by atoms with Gasteiger partial charge in [0.1, 0.15) is 0 Å². The van der Waals surface area contributed by atoms with E-state index in [1.807, 2.05) is 0 Å². The van der Waals surface area contributed by atoms with E-state index in [1.165, 1.54) is 32.1 Å². The van der Waals surface area contributed by atoms with Crippen LogP contribution in [0.4, 0.5) is 0 Å². The zero-order valence-corrected chi connectivity index (χ0v) is 21.6. The molecule has 0 heterocycles. The van der Waals surface area contributed by atoms with Crippen molar-refractivity contribution in [2.24, 2.45) is 0 Å². The zero-order valence-electron chi connectivity index (χ0n) is 19.0. The minimum Gasteiger partial charge on any atom is -0.368 e. The van der Waals surface area contributed by atoms with Crippen LogP contribution in [-0.2, 0) is 13.9 Å². The predicted octanol–water partition coefficient (Wildman–Crippen LogP) is 6.02. The number of carbonyl (C=O) groups is 1. The van der Waals surface area contributed by atoms with Crippen LogP contribution in [-0.4, -0.2) is 35.0 Å². The van der Waals surface area contributed by atoms with E-state index in [9.17, 15) is 19.0 Å². The van der Waals surface area contributed by atoms with Crippen molar-refractivity contribution in [3.05, 3.63) is 0 Å². The molecular formula is C20H43ClO8P2. The number of carbonyl (C=O) groups excluding carboxylic acids is 1. The van der Waals surface area contributed by atoms with E-state index in [0.29, 0.717) is 12.8 Å². The second kappa shape index (κ2) is 18.6. The molecule has 0 radical (unpaired) electrons. The smallest absolute Gasteiger partial charge is 0.368 e. The number of hydrogen-bond acceptors (Lipinski definition) is 4. The number of unbranched alkanes of at least 4 members (excludes halogenated alkanes) is 12. The minimum atomic E-state index is -5.28. The van der Waals surface area contributed by atoms with E-state index in [1.54, 1.807) is 0 Å². The molecule has 8 nitrogen and oxygen atoms in total. The molecule has 0 saturated carbocycles. The first kappa shape index (κ1) is 33.4. The van der Waals surface area contributed by atoms with Gasteiger partial charge in [-0.3, -0.25) is 13.9 Å². The Labute approximate surface area is 192 Å². The fraction of sp³-hybridized carbons (Fsp3) is 0.950. The molecule has 188 valence electrons. The highest BCUT2D eigenvalue weighted by atomic mass is 35.5. The summed E-state index contributed by atoms with van der Waals surface area (Å²) in [5, 5.41) is 6.16. The average molecular weight is 509 g/mol. The summed E-state index contributed by atoms with van der Waals surface area (Å²) >= 11 is 5.20. The molecule has 0 spiro atoms. The van der Waals surface area contributed by atoms with Crippen molar-refractivity contribution in [3.8, 4) is 0 Å². The van der Waals surface area contributed by atoms with Crippen LogP contribution in [0.25, 0.3) is 0 Å². The Hall–Kier alpha value is 0.220. The van der Waals surface area contributed by atoms with Crippen molar-refractivity contribution < 1.29 is 38.6 Å². The number of halogens is 1. The van der Waals surface area contributed by atoms with Crippen molar-refractivity contribution in [3.63, 3.8) is 0 Å². The van der Waals surface area contributed by atoms with Crippen molar-refractivity contribution in [2.45, 2.75) is 122 Å². The Kier molecular flexibility index (Phi) is 20.1. The van der Waals surface area contributed by atoms with E-state index in [4.69, 9.17) is 31.2 Å². The molecule has 5 N–H and O–H groups in total. The molecule has 0 unspecified atom stereocenters. The fourth-order valence-electron chi connectivity index (χ4n) is 3.00. The Balaban J connectivity index is 0. The van der Waals surface area contributed by atoms with Crippen LogP contribution in [0.2, 0.25) is 0 Å². The summed E-state index contributed by atoms with van der Waals surface area (Å²) in [6, 6.07) is 0. The van der Waals surface area contributed by atoms with Crippen LogP contribution < -0.4 is 0 Å². The van der Waals surface area contributed by atoms with Gasteiger partial charge in [-0.25, -0.2) is 0 Å². The monoisotopic (exact) mass is 508 g/mol. The van der Waals surface area contributed by atoms with Gasteiger partial charge in [0.25, 0.3) is 5.08 Å². The molecule has 0 rings (SSSR count). The molecule has 0 aromatic carbocycles. The molecule has 31 heavy (non-hydrogen) atoms. The van der Waals surface area contributed by atoms with Crippen LogP contribution in [0.15, 0.2) is 0 Å². The van der Waals surface area contributed by atoms with E-state index < -0.39 is 26.7 Å². The maximum Gasteiger partial charge on any atom is 0.369 e. The van der Waals surface area contributed by atoms with E-state index >= 15 is 0 Å². The molecule has 0 aromatic rings. The fourth-order valence-corrected chi connectivity index (χ4v) is 5.39. The van der Waals surface area contributed by atoms with Gasteiger partial charge in [-0.1, -0.05) is 90.9 Å². The van der Waals surface area contributed by atoms with Crippen LogP contribution in [0, 0.1) is 0 Å². The summed E-state index contributed by atoms with van der Waals surface area (Å²) in [5.74, 6) is 0. The van der Waals surface area contributed by atoms with Crippen molar-refractivity contribution >= 4 is 32.0 Å². The average Bonchev–Trinajstić information content (AvgIpc) is 2.65. The van der Waals surface area contributed by atoms with Gasteiger partial charge < -0.3 is 24.7 Å². The summed E-state index contributed by atoms with van der Waals surface area (Å²) < 4.78 is 22.1. The minimum absolute atomic E-state index is 0.166. The molecule has 0 bridgehead atoms. The Morgan fingerprint density at radius 2 is 1.00 bits per heavy atom. The molecule has 0 amide bonds. The Bertz CT molecular complexity index is 525. The molecule has 0 aromatic heterocycles. The number of hydrogen-bond donors (Lipinski definition) is 5. The van der Waals surface area contributed by atoms with Gasteiger partial charge in [-0.05, 0) is 30.9 Å². The largest absolute Gasteiger partial charge is 0.369 e. The second-order valence-corrected chi connectivity index (χ2v) is 12.4. The highest BCUT2D eigenvalue weighted by Crippen LogP contribution is 2.69. The molecule has 0 aliphatic heterocycles.